The fourth-order valence-corrected chi connectivity index (χ4v) is 2.81. The quantitative estimate of drug-likeness (QED) is 0.540. The number of rotatable bonds is 2. The molecule has 0 radical (unpaired) electrons. The smallest absolute Gasteiger partial charge is 0.189 e. The monoisotopic (exact) mass is 209 g/mol. The third-order valence-corrected chi connectivity index (χ3v) is 3.83. The predicted octanol–water partition coefficient (Wildman–Crippen LogP) is 2.02. The van der Waals surface area contributed by atoms with Crippen molar-refractivity contribution in [2.24, 2.45) is 16.6 Å². The second-order valence-corrected chi connectivity index (χ2v) is 5.12. The highest BCUT2D eigenvalue weighted by Gasteiger charge is 2.23. The van der Waals surface area contributed by atoms with Gasteiger partial charge in [-0.1, -0.05) is 26.2 Å². The molecule has 3 heteroatoms. The zero-order valence-electron chi connectivity index (χ0n) is 9.71. The fraction of sp³-hybridized carbons (Fsp3) is 0.917. The summed E-state index contributed by atoms with van der Waals surface area (Å²) in [6.07, 6.45) is 9.04. The van der Waals surface area contributed by atoms with Gasteiger partial charge in [-0.05, 0) is 31.6 Å². The largest absolute Gasteiger partial charge is 0.370 e. The maximum atomic E-state index is 5.93. The lowest BCUT2D eigenvalue weighted by atomic mass is 10.1. The number of nitrogens with one attached hydrogen (secondary N) is 1. The van der Waals surface area contributed by atoms with Crippen molar-refractivity contribution in [2.75, 3.05) is 0 Å². The molecule has 0 aromatic carbocycles. The molecule has 0 aromatic rings. The van der Waals surface area contributed by atoms with Crippen LogP contribution in [0.15, 0.2) is 4.99 Å². The van der Waals surface area contributed by atoms with Gasteiger partial charge in [-0.2, -0.15) is 0 Å². The minimum Gasteiger partial charge on any atom is -0.370 e. The Morgan fingerprint density at radius 1 is 1.13 bits per heavy atom. The molecule has 2 aliphatic carbocycles. The average molecular weight is 209 g/mol. The molecule has 0 saturated heterocycles. The molecule has 0 aliphatic heterocycles. The van der Waals surface area contributed by atoms with E-state index in [0.29, 0.717) is 24.0 Å². The number of nitrogens with zero attached hydrogens (tertiary/aromatic N) is 1. The number of hydrogen-bond acceptors (Lipinski definition) is 1. The molecule has 0 bridgehead atoms. The van der Waals surface area contributed by atoms with Crippen molar-refractivity contribution in [3.05, 3.63) is 0 Å². The van der Waals surface area contributed by atoms with Crippen LogP contribution in [0, 0.1) is 5.92 Å². The summed E-state index contributed by atoms with van der Waals surface area (Å²) in [5, 5.41) is 3.35. The van der Waals surface area contributed by atoms with Gasteiger partial charge in [0.2, 0.25) is 0 Å². The normalized spacial score (nSPS) is 33.5. The third-order valence-electron chi connectivity index (χ3n) is 3.83. The van der Waals surface area contributed by atoms with Gasteiger partial charge in [0, 0.05) is 6.04 Å². The van der Waals surface area contributed by atoms with E-state index in [-0.39, 0.29) is 0 Å². The molecule has 3 nitrogen and oxygen atoms in total. The van der Waals surface area contributed by atoms with Crippen LogP contribution in [0.5, 0.6) is 0 Å². The van der Waals surface area contributed by atoms with E-state index < -0.39 is 0 Å². The molecule has 0 heterocycles. The molecule has 2 aliphatic rings. The molecule has 15 heavy (non-hydrogen) atoms. The van der Waals surface area contributed by atoms with Crippen LogP contribution in [-0.4, -0.2) is 18.0 Å². The Labute approximate surface area is 92.5 Å². The summed E-state index contributed by atoms with van der Waals surface area (Å²) in [5.74, 6) is 1.40. The predicted molar refractivity (Wildman–Crippen MR) is 63.8 cm³/mol. The summed E-state index contributed by atoms with van der Waals surface area (Å²) < 4.78 is 0. The summed E-state index contributed by atoms with van der Waals surface area (Å²) in [6.45, 7) is 2.28. The van der Waals surface area contributed by atoms with Gasteiger partial charge < -0.3 is 11.1 Å². The highest BCUT2D eigenvalue weighted by Crippen LogP contribution is 2.27. The first-order chi connectivity index (χ1) is 7.25. The van der Waals surface area contributed by atoms with E-state index in [1.54, 1.807) is 0 Å². The fourth-order valence-electron chi connectivity index (χ4n) is 2.81. The third kappa shape index (κ3) is 2.86. The topological polar surface area (TPSA) is 50.4 Å². The Morgan fingerprint density at radius 3 is 2.47 bits per heavy atom. The van der Waals surface area contributed by atoms with Crippen molar-refractivity contribution in [1.29, 1.82) is 0 Å². The van der Waals surface area contributed by atoms with Crippen LogP contribution in [0.4, 0.5) is 0 Å². The van der Waals surface area contributed by atoms with Crippen molar-refractivity contribution in [2.45, 2.75) is 64.0 Å². The van der Waals surface area contributed by atoms with Crippen molar-refractivity contribution >= 4 is 5.96 Å². The average Bonchev–Trinajstić information content (AvgIpc) is 2.79. The lowest BCUT2D eigenvalue weighted by Gasteiger charge is -2.15. The number of hydrogen-bond donors (Lipinski definition) is 2. The summed E-state index contributed by atoms with van der Waals surface area (Å²) in [4.78, 5) is 4.60. The van der Waals surface area contributed by atoms with Gasteiger partial charge >= 0.3 is 0 Å². The first-order valence-corrected chi connectivity index (χ1v) is 6.35. The molecule has 0 amide bonds. The molecule has 2 saturated carbocycles. The molecule has 0 spiro atoms. The van der Waals surface area contributed by atoms with Crippen LogP contribution < -0.4 is 11.1 Å². The maximum Gasteiger partial charge on any atom is 0.189 e. The minimum absolute atomic E-state index is 0.471. The van der Waals surface area contributed by atoms with Crippen molar-refractivity contribution in [1.82, 2.24) is 5.32 Å². The Bertz CT molecular complexity index is 231. The zero-order chi connectivity index (χ0) is 10.7. The SMILES string of the molecule is CC1CCCC1N=C(N)NC1CCCC1. The minimum atomic E-state index is 0.471. The van der Waals surface area contributed by atoms with E-state index >= 15 is 0 Å². The van der Waals surface area contributed by atoms with Gasteiger partial charge in [-0.15, -0.1) is 0 Å². The summed E-state index contributed by atoms with van der Waals surface area (Å²) in [5.41, 5.74) is 5.93. The Morgan fingerprint density at radius 2 is 1.87 bits per heavy atom. The first kappa shape index (κ1) is 10.8. The second kappa shape index (κ2) is 4.86. The maximum absolute atomic E-state index is 5.93. The highest BCUT2D eigenvalue weighted by molar-refractivity contribution is 5.78. The van der Waals surface area contributed by atoms with Crippen molar-refractivity contribution < 1.29 is 0 Å². The van der Waals surface area contributed by atoms with E-state index in [2.05, 4.69) is 17.2 Å². The van der Waals surface area contributed by atoms with Gasteiger partial charge in [0.25, 0.3) is 0 Å². The van der Waals surface area contributed by atoms with Crippen LogP contribution in [0.25, 0.3) is 0 Å². The molecule has 0 aromatic heterocycles. The van der Waals surface area contributed by atoms with Crippen LogP contribution in [-0.2, 0) is 0 Å². The lowest BCUT2D eigenvalue weighted by molar-refractivity contribution is 0.523. The van der Waals surface area contributed by atoms with E-state index in [0.717, 1.165) is 0 Å². The van der Waals surface area contributed by atoms with Gasteiger partial charge in [0.1, 0.15) is 0 Å². The standard InChI is InChI=1S/C12H23N3/c1-9-5-4-8-11(9)15-12(13)14-10-6-2-3-7-10/h9-11H,2-8H2,1H3,(H3,13,14,15). The molecular weight excluding hydrogens is 186 g/mol. The van der Waals surface area contributed by atoms with Crippen LogP contribution in [0.3, 0.4) is 0 Å². The zero-order valence-corrected chi connectivity index (χ0v) is 9.71. The number of nitrogens with two attached hydrogens (primary N) is 1. The summed E-state index contributed by atoms with van der Waals surface area (Å²) in [6, 6.07) is 1.06. The van der Waals surface area contributed by atoms with Crippen molar-refractivity contribution in [3.8, 4) is 0 Å². The Hall–Kier alpha value is -0.730. The lowest BCUT2D eigenvalue weighted by Crippen LogP contribution is -2.39. The van der Waals surface area contributed by atoms with E-state index in [9.17, 15) is 0 Å². The molecule has 86 valence electrons. The van der Waals surface area contributed by atoms with Crippen LogP contribution in [0.2, 0.25) is 0 Å². The summed E-state index contributed by atoms with van der Waals surface area (Å²) in [7, 11) is 0. The van der Waals surface area contributed by atoms with Gasteiger partial charge in [0.05, 0.1) is 6.04 Å². The van der Waals surface area contributed by atoms with Crippen LogP contribution in [0.1, 0.15) is 51.9 Å². The Balaban J connectivity index is 1.83. The van der Waals surface area contributed by atoms with Crippen molar-refractivity contribution in [3.63, 3.8) is 0 Å². The van der Waals surface area contributed by atoms with E-state index in [1.165, 1.54) is 44.9 Å². The van der Waals surface area contributed by atoms with Gasteiger partial charge in [0.15, 0.2) is 5.96 Å². The van der Waals surface area contributed by atoms with Gasteiger partial charge in [-0.3, -0.25) is 0 Å². The molecule has 2 fully saturated rings. The molecule has 2 atom stereocenters. The summed E-state index contributed by atoms with van der Waals surface area (Å²) >= 11 is 0. The molecular formula is C12H23N3. The Kier molecular flexibility index (Phi) is 3.49. The van der Waals surface area contributed by atoms with Gasteiger partial charge in [-0.25, -0.2) is 4.99 Å². The highest BCUT2D eigenvalue weighted by atomic mass is 15.1. The van der Waals surface area contributed by atoms with Crippen LogP contribution >= 0.6 is 0 Å². The molecule has 2 unspecified atom stereocenters. The second-order valence-electron chi connectivity index (χ2n) is 5.12. The number of aliphatic imine (C=N–C) groups is 1. The number of guanidine groups is 1. The molecule has 3 N–H and O–H groups in total. The first-order valence-electron chi connectivity index (χ1n) is 6.35. The molecule has 2 rings (SSSR count). The van der Waals surface area contributed by atoms with E-state index in [4.69, 9.17) is 5.73 Å². The van der Waals surface area contributed by atoms with E-state index in [1.807, 2.05) is 0 Å².